The van der Waals surface area contributed by atoms with Gasteiger partial charge in [-0.3, -0.25) is 14.5 Å². The minimum Gasteiger partial charge on any atom is -0.465 e. The van der Waals surface area contributed by atoms with Crippen molar-refractivity contribution in [2.75, 3.05) is 24.5 Å². The van der Waals surface area contributed by atoms with Crippen LogP contribution in [0.15, 0.2) is 42.5 Å². The van der Waals surface area contributed by atoms with Crippen LogP contribution in [-0.2, 0) is 16.1 Å². The van der Waals surface area contributed by atoms with Gasteiger partial charge in [0.25, 0.3) is 0 Å². The van der Waals surface area contributed by atoms with Gasteiger partial charge in [0.15, 0.2) is 0 Å². The third-order valence-corrected chi connectivity index (χ3v) is 6.13. The first kappa shape index (κ1) is 24.5. The van der Waals surface area contributed by atoms with Gasteiger partial charge in [-0.25, -0.2) is 4.79 Å². The highest BCUT2D eigenvalue weighted by molar-refractivity contribution is 5.94. The summed E-state index contributed by atoms with van der Waals surface area (Å²) in [4.78, 5) is 39.0. The van der Waals surface area contributed by atoms with Crippen LogP contribution in [0.5, 0.6) is 0 Å². The Labute approximate surface area is 199 Å². The Morgan fingerprint density at radius 3 is 2.48 bits per heavy atom. The fourth-order valence-electron chi connectivity index (χ4n) is 4.70. The van der Waals surface area contributed by atoms with E-state index < -0.39 is 6.09 Å². The fraction of sp³-hybridized carbons (Fsp3) is 0.375. The lowest BCUT2D eigenvalue weighted by Crippen LogP contribution is -2.47. The van der Waals surface area contributed by atoms with E-state index in [2.05, 4.69) is 27.7 Å². The average molecular weight is 473 g/mol. The number of fused-ring (bicyclic) bond motifs is 1. The van der Waals surface area contributed by atoms with Crippen LogP contribution in [0.3, 0.4) is 0 Å². The topological polar surface area (TPSA) is 102 Å². The molecule has 2 heterocycles. The Morgan fingerprint density at radius 1 is 1.15 bits per heavy atom. The Morgan fingerprint density at radius 2 is 1.85 bits per heavy atom. The van der Waals surface area contributed by atoms with Crippen molar-refractivity contribution in [2.24, 2.45) is 0 Å². The van der Waals surface area contributed by atoms with Gasteiger partial charge in [0.2, 0.25) is 11.8 Å². The number of rotatable bonds is 4. The van der Waals surface area contributed by atoms with Gasteiger partial charge in [-0.2, -0.15) is 0 Å². The number of halogens is 1. The van der Waals surface area contributed by atoms with Crippen LogP contribution >= 0.6 is 12.4 Å². The number of carboxylic acid groups (broad SMARTS) is 1. The molecule has 0 aromatic heterocycles. The van der Waals surface area contributed by atoms with E-state index in [9.17, 15) is 19.5 Å². The molecular formula is C24H29ClN4O4. The molecule has 8 nitrogen and oxygen atoms in total. The van der Waals surface area contributed by atoms with Gasteiger partial charge < -0.3 is 20.6 Å². The summed E-state index contributed by atoms with van der Waals surface area (Å²) in [6.07, 6.45) is -0.560. The summed E-state index contributed by atoms with van der Waals surface area (Å²) < 4.78 is 0. The normalized spacial score (nSPS) is 20.3. The highest BCUT2D eigenvalue weighted by Gasteiger charge is 2.33. The molecule has 2 aliphatic rings. The minimum absolute atomic E-state index is 0. The molecule has 0 unspecified atom stereocenters. The first-order chi connectivity index (χ1) is 15.3. The molecule has 176 valence electrons. The first-order valence-corrected chi connectivity index (χ1v) is 10.8. The molecule has 3 amide bonds. The number of anilines is 1. The second kappa shape index (κ2) is 10.2. The van der Waals surface area contributed by atoms with Gasteiger partial charge in [0.05, 0.1) is 12.6 Å². The van der Waals surface area contributed by atoms with E-state index in [0.717, 1.165) is 34.5 Å². The van der Waals surface area contributed by atoms with Gasteiger partial charge >= 0.3 is 6.09 Å². The van der Waals surface area contributed by atoms with Gasteiger partial charge in [-0.15, -0.1) is 12.4 Å². The molecule has 0 saturated carbocycles. The predicted molar refractivity (Wildman–Crippen MR) is 129 cm³/mol. The summed E-state index contributed by atoms with van der Waals surface area (Å²) in [5, 5.41) is 14.7. The van der Waals surface area contributed by atoms with Crippen molar-refractivity contribution in [1.29, 1.82) is 0 Å². The summed E-state index contributed by atoms with van der Waals surface area (Å²) in [6, 6.07) is 13.5. The van der Waals surface area contributed by atoms with Crippen LogP contribution in [0.1, 0.15) is 37.4 Å². The second-order valence-electron chi connectivity index (χ2n) is 8.51. The summed E-state index contributed by atoms with van der Waals surface area (Å²) in [5.41, 5.74) is 4.65. The first-order valence-electron chi connectivity index (χ1n) is 10.8. The number of hydrogen-bond donors (Lipinski definition) is 3. The number of nitrogens with one attached hydrogen (secondary N) is 2. The lowest BCUT2D eigenvalue weighted by atomic mass is 9.89. The number of nitrogens with zero attached hydrogens (tertiary/aromatic N) is 2. The van der Waals surface area contributed by atoms with E-state index >= 15 is 0 Å². The Hall–Kier alpha value is -3.10. The van der Waals surface area contributed by atoms with Crippen LogP contribution < -0.4 is 15.5 Å². The van der Waals surface area contributed by atoms with Gasteiger partial charge in [-0.05, 0) is 47.7 Å². The quantitative estimate of drug-likeness (QED) is 0.634. The largest absolute Gasteiger partial charge is 0.465 e. The number of hydrogen-bond acceptors (Lipinski definition) is 4. The van der Waals surface area contributed by atoms with Crippen LogP contribution in [0.25, 0.3) is 11.1 Å². The molecule has 33 heavy (non-hydrogen) atoms. The van der Waals surface area contributed by atoms with Crippen LogP contribution in [-0.4, -0.2) is 53.6 Å². The summed E-state index contributed by atoms with van der Waals surface area (Å²) in [6.45, 7) is 6.10. The van der Waals surface area contributed by atoms with Gasteiger partial charge in [-0.1, -0.05) is 30.3 Å². The number of piperazine rings is 1. The monoisotopic (exact) mass is 472 g/mol. The van der Waals surface area contributed by atoms with E-state index in [1.807, 2.05) is 37.3 Å². The maximum atomic E-state index is 12.2. The molecule has 2 aromatic carbocycles. The summed E-state index contributed by atoms with van der Waals surface area (Å²) in [5.74, 6) is -0.00333. The number of benzene rings is 2. The third-order valence-electron chi connectivity index (χ3n) is 6.13. The molecule has 9 heteroatoms. The SMILES string of the molecule is CC(=O)N1c2ccc(-c3ccc(CN4CCNC(=O)C4)cc3)cc2[C@@H](NC(=O)O)C[C@H]1C.Cl. The molecule has 2 aromatic rings. The van der Waals surface area contributed by atoms with Crippen molar-refractivity contribution in [3.63, 3.8) is 0 Å². The van der Waals surface area contributed by atoms with Gasteiger partial charge in [0, 0.05) is 38.3 Å². The zero-order chi connectivity index (χ0) is 22.8. The van der Waals surface area contributed by atoms with E-state index in [4.69, 9.17) is 0 Å². The number of carbonyl (C=O) groups is 3. The molecule has 0 spiro atoms. The lowest BCUT2D eigenvalue weighted by Gasteiger charge is -2.39. The molecular weight excluding hydrogens is 444 g/mol. The molecule has 1 fully saturated rings. The molecule has 3 N–H and O–H groups in total. The summed E-state index contributed by atoms with van der Waals surface area (Å²) >= 11 is 0. The van der Waals surface area contributed by atoms with Crippen molar-refractivity contribution < 1.29 is 19.5 Å². The smallest absolute Gasteiger partial charge is 0.405 e. The van der Waals surface area contributed by atoms with Crippen molar-refractivity contribution >= 4 is 36.0 Å². The molecule has 4 rings (SSSR count). The molecule has 2 atom stereocenters. The molecule has 1 saturated heterocycles. The second-order valence-corrected chi connectivity index (χ2v) is 8.51. The lowest BCUT2D eigenvalue weighted by molar-refractivity contribution is -0.124. The Kier molecular flexibility index (Phi) is 7.61. The summed E-state index contributed by atoms with van der Waals surface area (Å²) in [7, 11) is 0. The predicted octanol–water partition coefficient (Wildman–Crippen LogP) is 3.16. The molecule has 0 aliphatic carbocycles. The maximum absolute atomic E-state index is 12.2. The Bertz CT molecular complexity index is 1040. The zero-order valence-corrected chi connectivity index (χ0v) is 19.5. The number of carbonyl (C=O) groups excluding carboxylic acids is 2. The van der Waals surface area contributed by atoms with Gasteiger partial charge in [0.1, 0.15) is 0 Å². The zero-order valence-electron chi connectivity index (χ0n) is 18.7. The van der Waals surface area contributed by atoms with E-state index in [0.29, 0.717) is 26.1 Å². The van der Waals surface area contributed by atoms with Crippen molar-refractivity contribution in [3.8, 4) is 11.1 Å². The van der Waals surface area contributed by atoms with Crippen LogP contribution in [0.4, 0.5) is 10.5 Å². The van der Waals surface area contributed by atoms with Crippen molar-refractivity contribution in [2.45, 2.75) is 38.9 Å². The van der Waals surface area contributed by atoms with E-state index in [1.54, 1.807) is 4.90 Å². The average Bonchev–Trinajstić information content (AvgIpc) is 2.73. The molecule has 2 aliphatic heterocycles. The molecule has 0 bridgehead atoms. The molecule has 0 radical (unpaired) electrons. The maximum Gasteiger partial charge on any atom is 0.405 e. The van der Waals surface area contributed by atoms with E-state index in [-0.39, 0.29) is 36.3 Å². The van der Waals surface area contributed by atoms with Crippen molar-refractivity contribution in [3.05, 3.63) is 53.6 Å². The van der Waals surface area contributed by atoms with Crippen LogP contribution in [0, 0.1) is 0 Å². The van der Waals surface area contributed by atoms with Crippen LogP contribution in [0.2, 0.25) is 0 Å². The number of amides is 3. The third kappa shape index (κ3) is 5.46. The minimum atomic E-state index is -1.08. The van der Waals surface area contributed by atoms with Crippen molar-refractivity contribution in [1.82, 2.24) is 15.5 Å². The fourth-order valence-corrected chi connectivity index (χ4v) is 4.70. The highest BCUT2D eigenvalue weighted by Crippen LogP contribution is 2.39. The highest BCUT2D eigenvalue weighted by atomic mass is 35.5. The Balaban J connectivity index is 0.00000306. The standard InChI is InChI=1S/C24H28N4O4.ClH/c1-15-11-21(26-24(31)32)20-12-19(7-8-22(20)28(15)16(2)29)18-5-3-17(4-6-18)13-27-10-9-25-23(30)14-27;/h3-8,12,15,21,26H,9-11,13-14H2,1-2H3,(H,25,30)(H,31,32);1H/t15-,21+;/m1./s1. The van der Waals surface area contributed by atoms with E-state index in [1.165, 1.54) is 6.92 Å².